The minimum atomic E-state index is -1.30. The second kappa shape index (κ2) is 7.99. The maximum atomic E-state index is 13.3. The van der Waals surface area contributed by atoms with E-state index in [1.165, 1.54) is 25.3 Å². The molecule has 1 aliphatic carbocycles. The van der Waals surface area contributed by atoms with Gasteiger partial charge in [0, 0.05) is 16.7 Å². The number of hydrogen-bond donors (Lipinski definition) is 1. The van der Waals surface area contributed by atoms with Crippen LogP contribution in [0.4, 0.5) is 8.78 Å². The molecule has 118 valence electrons. The molecule has 0 aromatic heterocycles. The quantitative estimate of drug-likeness (QED) is 0.868. The lowest BCUT2D eigenvalue weighted by Crippen LogP contribution is -2.41. The Kier molecular flexibility index (Phi) is 6.30. The Hall–Kier alpha value is -0.810. The Labute approximate surface area is 127 Å². The van der Waals surface area contributed by atoms with Crippen LogP contribution in [0.1, 0.15) is 39.0 Å². The van der Waals surface area contributed by atoms with Crippen LogP contribution in [-0.4, -0.2) is 22.5 Å². The highest BCUT2D eigenvalue weighted by Crippen LogP contribution is 2.27. The van der Waals surface area contributed by atoms with Crippen LogP contribution >= 0.6 is 0 Å². The number of rotatable bonds is 6. The smallest absolute Gasteiger partial charge is 0.160 e. The van der Waals surface area contributed by atoms with Gasteiger partial charge >= 0.3 is 0 Å². The minimum absolute atomic E-state index is 0.184. The molecule has 2 unspecified atom stereocenters. The van der Waals surface area contributed by atoms with Gasteiger partial charge in [0.05, 0.1) is 10.8 Å². The fraction of sp³-hybridized carbons (Fsp3) is 0.625. The molecule has 2 nitrogen and oxygen atoms in total. The molecular weight excluding hydrogens is 292 g/mol. The van der Waals surface area contributed by atoms with Crippen LogP contribution in [0.25, 0.3) is 0 Å². The van der Waals surface area contributed by atoms with Crippen molar-refractivity contribution >= 4 is 10.8 Å². The molecule has 2 rings (SSSR count). The monoisotopic (exact) mass is 315 g/mol. The molecule has 1 N–H and O–H groups in total. The minimum Gasteiger partial charge on any atom is -0.313 e. The first kappa shape index (κ1) is 16.6. The summed E-state index contributed by atoms with van der Waals surface area (Å²) in [7, 11) is -1.30. The highest BCUT2D eigenvalue weighted by atomic mass is 32.2. The van der Waals surface area contributed by atoms with E-state index in [-0.39, 0.29) is 6.04 Å². The van der Waals surface area contributed by atoms with Crippen LogP contribution < -0.4 is 5.32 Å². The van der Waals surface area contributed by atoms with Crippen LogP contribution in [-0.2, 0) is 10.8 Å². The summed E-state index contributed by atoms with van der Waals surface area (Å²) in [5.74, 6) is -0.832. The maximum absolute atomic E-state index is 13.3. The van der Waals surface area contributed by atoms with Crippen molar-refractivity contribution in [3.63, 3.8) is 0 Å². The van der Waals surface area contributed by atoms with Crippen LogP contribution in [0.3, 0.4) is 0 Å². The number of halogens is 2. The molecule has 0 heterocycles. The van der Waals surface area contributed by atoms with Crippen LogP contribution in [0.5, 0.6) is 0 Å². The van der Waals surface area contributed by atoms with Crippen molar-refractivity contribution in [2.45, 2.75) is 50.0 Å². The second-order valence-electron chi connectivity index (χ2n) is 5.65. The van der Waals surface area contributed by atoms with E-state index >= 15 is 0 Å². The Balaban J connectivity index is 2.04. The summed E-state index contributed by atoms with van der Waals surface area (Å²) in [5, 5.41) is 3.42. The third-order valence-corrected chi connectivity index (χ3v) is 5.61. The fourth-order valence-corrected chi connectivity index (χ4v) is 4.40. The summed E-state index contributed by atoms with van der Waals surface area (Å²) in [6.45, 7) is 2.87. The summed E-state index contributed by atoms with van der Waals surface area (Å²) >= 11 is 0. The fourth-order valence-electron chi connectivity index (χ4n) is 3.04. The summed E-state index contributed by atoms with van der Waals surface area (Å²) in [5.41, 5.74) is 0. The van der Waals surface area contributed by atoms with Gasteiger partial charge in [0.15, 0.2) is 11.6 Å². The number of benzene rings is 1. The van der Waals surface area contributed by atoms with Crippen LogP contribution in [0.15, 0.2) is 23.1 Å². The largest absolute Gasteiger partial charge is 0.313 e. The van der Waals surface area contributed by atoms with Gasteiger partial charge in [0.1, 0.15) is 0 Å². The van der Waals surface area contributed by atoms with E-state index in [0.717, 1.165) is 31.5 Å². The summed E-state index contributed by atoms with van der Waals surface area (Å²) < 4.78 is 38.6. The normalized spacial score (nSPS) is 19.4. The van der Waals surface area contributed by atoms with E-state index in [2.05, 4.69) is 5.32 Å². The average molecular weight is 315 g/mol. The number of hydrogen-bond acceptors (Lipinski definition) is 2. The molecule has 0 amide bonds. The van der Waals surface area contributed by atoms with Crippen LogP contribution in [0, 0.1) is 17.6 Å². The van der Waals surface area contributed by atoms with Gasteiger partial charge < -0.3 is 5.32 Å². The molecule has 2 atom stereocenters. The van der Waals surface area contributed by atoms with E-state index < -0.39 is 22.4 Å². The van der Waals surface area contributed by atoms with E-state index in [4.69, 9.17) is 0 Å². The molecule has 21 heavy (non-hydrogen) atoms. The van der Waals surface area contributed by atoms with Crippen molar-refractivity contribution in [3.8, 4) is 0 Å². The van der Waals surface area contributed by atoms with E-state index in [9.17, 15) is 13.0 Å². The molecule has 1 aromatic carbocycles. The molecular formula is C16H23F2NOS. The second-order valence-corrected chi connectivity index (χ2v) is 7.15. The first-order valence-corrected chi connectivity index (χ1v) is 9.00. The summed E-state index contributed by atoms with van der Waals surface area (Å²) in [6, 6.07) is 3.70. The van der Waals surface area contributed by atoms with Gasteiger partial charge in [-0.1, -0.05) is 26.2 Å². The van der Waals surface area contributed by atoms with Crippen molar-refractivity contribution in [1.82, 2.24) is 5.32 Å². The molecule has 1 fully saturated rings. The van der Waals surface area contributed by atoms with Crippen molar-refractivity contribution < 1.29 is 13.0 Å². The summed E-state index contributed by atoms with van der Waals surface area (Å²) in [6.07, 6.45) is 6.05. The van der Waals surface area contributed by atoms with Gasteiger partial charge in [0.25, 0.3) is 0 Å². The molecule has 0 radical (unpaired) electrons. The average Bonchev–Trinajstić information content (AvgIpc) is 2.50. The standard InChI is InChI=1S/C16H23F2NOS/c1-2-19-16(12-6-4-3-5-7-12)11-21(20)13-8-9-14(17)15(18)10-13/h8-10,12,16,19H,2-7,11H2,1H3. The van der Waals surface area contributed by atoms with Gasteiger partial charge in [-0.15, -0.1) is 0 Å². The zero-order valence-electron chi connectivity index (χ0n) is 12.4. The predicted octanol–water partition coefficient (Wildman–Crippen LogP) is 3.63. The van der Waals surface area contributed by atoms with Gasteiger partial charge in [-0.3, -0.25) is 4.21 Å². The van der Waals surface area contributed by atoms with E-state index in [1.54, 1.807) is 0 Å². The van der Waals surface area contributed by atoms with Gasteiger partial charge in [-0.25, -0.2) is 8.78 Å². The van der Waals surface area contributed by atoms with Gasteiger partial charge in [-0.05, 0) is 43.5 Å². The maximum Gasteiger partial charge on any atom is 0.160 e. The third-order valence-electron chi connectivity index (χ3n) is 4.17. The first-order chi connectivity index (χ1) is 10.1. The molecule has 5 heteroatoms. The molecule has 1 aromatic rings. The Morgan fingerprint density at radius 2 is 1.95 bits per heavy atom. The number of nitrogens with one attached hydrogen (secondary N) is 1. The molecule has 0 spiro atoms. The molecule has 1 aliphatic rings. The molecule has 0 aliphatic heterocycles. The topological polar surface area (TPSA) is 29.1 Å². The first-order valence-electron chi connectivity index (χ1n) is 7.68. The van der Waals surface area contributed by atoms with E-state index in [0.29, 0.717) is 16.6 Å². The lowest BCUT2D eigenvalue weighted by molar-refractivity contribution is 0.287. The summed E-state index contributed by atoms with van der Waals surface area (Å²) in [4.78, 5) is 0.368. The van der Waals surface area contributed by atoms with Gasteiger partial charge in [-0.2, -0.15) is 0 Å². The Morgan fingerprint density at radius 3 is 2.57 bits per heavy atom. The Morgan fingerprint density at radius 1 is 1.24 bits per heavy atom. The third kappa shape index (κ3) is 4.58. The van der Waals surface area contributed by atoms with Gasteiger partial charge in [0.2, 0.25) is 0 Å². The molecule has 0 saturated heterocycles. The molecule has 0 bridgehead atoms. The SMILES string of the molecule is CCNC(CS(=O)c1ccc(F)c(F)c1)C1CCCCC1. The highest BCUT2D eigenvalue weighted by Gasteiger charge is 2.25. The molecule has 1 saturated carbocycles. The lowest BCUT2D eigenvalue weighted by atomic mass is 9.84. The van der Waals surface area contributed by atoms with Crippen molar-refractivity contribution in [2.24, 2.45) is 5.92 Å². The zero-order chi connectivity index (χ0) is 15.2. The Bertz CT molecular complexity index is 489. The van der Waals surface area contributed by atoms with E-state index in [1.807, 2.05) is 6.92 Å². The van der Waals surface area contributed by atoms with Crippen molar-refractivity contribution in [3.05, 3.63) is 29.8 Å². The van der Waals surface area contributed by atoms with Crippen molar-refractivity contribution in [2.75, 3.05) is 12.3 Å². The van der Waals surface area contributed by atoms with Crippen molar-refractivity contribution in [1.29, 1.82) is 0 Å². The predicted molar refractivity (Wildman–Crippen MR) is 81.7 cm³/mol. The van der Waals surface area contributed by atoms with Crippen LogP contribution in [0.2, 0.25) is 0 Å². The lowest BCUT2D eigenvalue weighted by Gasteiger charge is -2.30. The zero-order valence-corrected chi connectivity index (χ0v) is 13.2. The highest BCUT2D eigenvalue weighted by molar-refractivity contribution is 7.85.